The van der Waals surface area contributed by atoms with Crippen LogP contribution in [0.1, 0.15) is 5.56 Å². The maximum Gasteiger partial charge on any atom is 0.328 e. The fourth-order valence-electron chi connectivity index (χ4n) is 1.55. The van der Waals surface area contributed by atoms with E-state index in [1.807, 2.05) is 0 Å². The van der Waals surface area contributed by atoms with Crippen molar-refractivity contribution in [3.8, 4) is 11.5 Å². The summed E-state index contributed by atoms with van der Waals surface area (Å²) in [6.45, 7) is 0. The maximum absolute atomic E-state index is 13.6. The number of ether oxygens (including phenoxy) is 1. The van der Waals surface area contributed by atoms with E-state index in [9.17, 15) is 9.18 Å². The van der Waals surface area contributed by atoms with Gasteiger partial charge in [0.05, 0.1) is 0 Å². The largest absolute Gasteiger partial charge is 0.478 e. The van der Waals surface area contributed by atoms with Gasteiger partial charge in [-0.1, -0.05) is 28.1 Å². The van der Waals surface area contributed by atoms with Crippen molar-refractivity contribution in [3.63, 3.8) is 0 Å². The van der Waals surface area contributed by atoms with Crippen molar-refractivity contribution in [1.29, 1.82) is 0 Å². The second-order valence-electron chi connectivity index (χ2n) is 3.89. The van der Waals surface area contributed by atoms with Crippen molar-refractivity contribution in [1.82, 2.24) is 0 Å². The summed E-state index contributed by atoms with van der Waals surface area (Å²) >= 11 is 3.29. The summed E-state index contributed by atoms with van der Waals surface area (Å²) in [5.41, 5.74) is 0.532. The summed E-state index contributed by atoms with van der Waals surface area (Å²) in [4.78, 5) is 10.6. The first-order valence-electron chi connectivity index (χ1n) is 5.69. The lowest BCUT2D eigenvalue weighted by Gasteiger charge is -2.10. The Morgan fingerprint density at radius 2 is 1.95 bits per heavy atom. The van der Waals surface area contributed by atoms with Crippen LogP contribution in [0.4, 0.5) is 4.39 Å². The molecule has 2 aromatic carbocycles. The van der Waals surface area contributed by atoms with Gasteiger partial charge in [-0.15, -0.1) is 0 Å². The van der Waals surface area contributed by atoms with E-state index in [0.717, 1.165) is 10.5 Å². The molecular weight excluding hydrogens is 327 g/mol. The Morgan fingerprint density at radius 1 is 1.20 bits per heavy atom. The Hall–Kier alpha value is -2.14. The van der Waals surface area contributed by atoms with E-state index in [1.54, 1.807) is 30.3 Å². The van der Waals surface area contributed by atoms with E-state index in [0.29, 0.717) is 11.3 Å². The molecule has 5 heteroatoms. The van der Waals surface area contributed by atoms with Crippen molar-refractivity contribution in [2.75, 3.05) is 0 Å². The van der Waals surface area contributed by atoms with Crippen LogP contribution < -0.4 is 4.74 Å². The minimum Gasteiger partial charge on any atom is -0.478 e. The second kappa shape index (κ2) is 6.34. The smallest absolute Gasteiger partial charge is 0.328 e. The van der Waals surface area contributed by atoms with Crippen LogP contribution in [0.15, 0.2) is 53.0 Å². The number of carboxylic acids is 1. The van der Waals surface area contributed by atoms with Crippen LogP contribution in [-0.2, 0) is 4.79 Å². The van der Waals surface area contributed by atoms with E-state index in [-0.39, 0.29) is 5.75 Å². The lowest BCUT2D eigenvalue weighted by atomic mass is 10.2. The molecule has 0 bridgehead atoms. The van der Waals surface area contributed by atoms with Gasteiger partial charge in [-0.2, -0.15) is 0 Å². The molecule has 0 aliphatic heterocycles. The van der Waals surface area contributed by atoms with E-state index in [2.05, 4.69) is 15.9 Å². The summed E-state index contributed by atoms with van der Waals surface area (Å²) in [5, 5.41) is 8.67. The van der Waals surface area contributed by atoms with Crippen molar-refractivity contribution in [2.45, 2.75) is 0 Å². The molecule has 102 valence electrons. The van der Waals surface area contributed by atoms with Crippen LogP contribution >= 0.6 is 15.9 Å². The van der Waals surface area contributed by atoms with Crippen LogP contribution in [0.25, 0.3) is 6.08 Å². The predicted octanol–water partition coefficient (Wildman–Crippen LogP) is 4.48. The lowest BCUT2D eigenvalue weighted by molar-refractivity contribution is -0.131. The number of carboxylic acid groups (broad SMARTS) is 1. The fraction of sp³-hybridized carbons (Fsp3) is 0. The average Bonchev–Trinajstić information content (AvgIpc) is 2.41. The molecule has 3 nitrogen and oxygen atoms in total. The SMILES string of the molecule is O=C(O)/C=C/c1cc(Br)ccc1Oc1ccccc1F. The van der Waals surface area contributed by atoms with Gasteiger partial charge in [-0.3, -0.25) is 0 Å². The molecule has 0 unspecified atom stereocenters. The van der Waals surface area contributed by atoms with Gasteiger partial charge >= 0.3 is 5.97 Å². The topological polar surface area (TPSA) is 46.5 Å². The summed E-state index contributed by atoms with van der Waals surface area (Å²) < 4.78 is 19.8. The normalized spacial score (nSPS) is 10.7. The Morgan fingerprint density at radius 3 is 2.65 bits per heavy atom. The fourth-order valence-corrected chi connectivity index (χ4v) is 1.93. The molecular formula is C15H10BrFO3. The predicted molar refractivity (Wildman–Crippen MR) is 77.3 cm³/mol. The standard InChI is InChI=1S/C15H10BrFO3/c16-11-6-7-13(10(9-11)5-8-15(18)19)20-14-4-2-1-3-12(14)17/h1-9H,(H,18,19)/b8-5+. The van der Waals surface area contributed by atoms with Crippen LogP contribution in [0.5, 0.6) is 11.5 Å². The van der Waals surface area contributed by atoms with Gasteiger partial charge < -0.3 is 9.84 Å². The molecule has 0 heterocycles. The molecule has 1 N–H and O–H groups in total. The van der Waals surface area contributed by atoms with E-state index >= 15 is 0 Å². The second-order valence-corrected chi connectivity index (χ2v) is 4.80. The quantitative estimate of drug-likeness (QED) is 0.837. The molecule has 0 amide bonds. The van der Waals surface area contributed by atoms with Gasteiger partial charge in [0.25, 0.3) is 0 Å². The first-order valence-corrected chi connectivity index (χ1v) is 6.48. The number of hydrogen-bond donors (Lipinski definition) is 1. The summed E-state index contributed by atoms with van der Waals surface area (Å²) in [7, 11) is 0. The van der Waals surface area contributed by atoms with E-state index in [1.165, 1.54) is 18.2 Å². The zero-order chi connectivity index (χ0) is 14.5. The van der Waals surface area contributed by atoms with Crippen molar-refractivity contribution < 1.29 is 19.0 Å². The van der Waals surface area contributed by atoms with Crippen molar-refractivity contribution in [2.24, 2.45) is 0 Å². The Labute approximate surface area is 123 Å². The summed E-state index contributed by atoms with van der Waals surface area (Å²) in [5.74, 6) is -1.10. The number of para-hydroxylation sites is 1. The highest BCUT2D eigenvalue weighted by Gasteiger charge is 2.07. The lowest BCUT2D eigenvalue weighted by Crippen LogP contribution is -1.91. The molecule has 0 spiro atoms. The number of rotatable bonds is 4. The van der Waals surface area contributed by atoms with Crippen LogP contribution in [0.2, 0.25) is 0 Å². The monoisotopic (exact) mass is 336 g/mol. The molecule has 0 saturated carbocycles. The van der Waals surface area contributed by atoms with Gasteiger partial charge in [0.2, 0.25) is 0 Å². The van der Waals surface area contributed by atoms with Crippen LogP contribution in [-0.4, -0.2) is 11.1 Å². The summed E-state index contributed by atoms with van der Waals surface area (Å²) in [6.07, 6.45) is 2.39. The third-order valence-electron chi connectivity index (χ3n) is 2.43. The molecule has 0 radical (unpaired) electrons. The molecule has 0 aromatic heterocycles. The summed E-state index contributed by atoms with van der Waals surface area (Å²) in [6, 6.07) is 11.1. The van der Waals surface area contributed by atoms with E-state index in [4.69, 9.17) is 9.84 Å². The van der Waals surface area contributed by atoms with E-state index < -0.39 is 11.8 Å². The number of aliphatic carboxylic acids is 1. The Balaban J connectivity index is 2.36. The van der Waals surface area contributed by atoms with Crippen LogP contribution in [0, 0.1) is 5.82 Å². The van der Waals surface area contributed by atoms with Gasteiger partial charge in [0.15, 0.2) is 11.6 Å². The molecule has 2 rings (SSSR count). The highest BCUT2D eigenvalue weighted by atomic mass is 79.9. The highest BCUT2D eigenvalue weighted by molar-refractivity contribution is 9.10. The van der Waals surface area contributed by atoms with Crippen molar-refractivity contribution >= 4 is 28.0 Å². The Kier molecular flexibility index (Phi) is 4.53. The highest BCUT2D eigenvalue weighted by Crippen LogP contribution is 2.30. The first-order chi connectivity index (χ1) is 9.56. The number of halogens is 2. The minimum absolute atomic E-state index is 0.0831. The Bertz CT molecular complexity index is 668. The van der Waals surface area contributed by atoms with Gasteiger partial charge in [0.1, 0.15) is 5.75 Å². The zero-order valence-electron chi connectivity index (χ0n) is 10.2. The molecule has 20 heavy (non-hydrogen) atoms. The molecule has 0 fully saturated rings. The van der Waals surface area contributed by atoms with Gasteiger partial charge in [0, 0.05) is 16.1 Å². The van der Waals surface area contributed by atoms with Crippen LogP contribution in [0.3, 0.4) is 0 Å². The molecule has 2 aromatic rings. The number of hydrogen-bond acceptors (Lipinski definition) is 2. The van der Waals surface area contributed by atoms with Gasteiger partial charge in [-0.25, -0.2) is 9.18 Å². The number of carbonyl (C=O) groups is 1. The minimum atomic E-state index is -1.07. The first kappa shape index (κ1) is 14.3. The third-order valence-corrected chi connectivity index (χ3v) is 2.93. The van der Waals surface area contributed by atoms with Gasteiger partial charge in [-0.05, 0) is 36.4 Å². The zero-order valence-corrected chi connectivity index (χ0v) is 11.8. The molecule has 0 saturated heterocycles. The average molecular weight is 337 g/mol. The molecule has 0 atom stereocenters. The van der Waals surface area contributed by atoms with Crippen molar-refractivity contribution in [3.05, 3.63) is 64.4 Å². The maximum atomic E-state index is 13.6. The molecule has 0 aliphatic carbocycles. The number of benzene rings is 2. The molecule has 0 aliphatic rings. The third kappa shape index (κ3) is 3.68.